The van der Waals surface area contributed by atoms with E-state index in [1.165, 1.54) is 0 Å². The molecule has 2 aromatic carbocycles. The van der Waals surface area contributed by atoms with E-state index in [0.29, 0.717) is 28.7 Å². The van der Waals surface area contributed by atoms with E-state index in [9.17, 15) is 14.4 Å². The average molecular weight is 458 g/mol. The third-order valence-electron chi connectivity index (χ3n) is 4.78. The number of alkyl carbamates (subject to hydrolysis) is 1. The first kappa shape index (κ1) is 23.7. The molecule has 1 amide bonds. The first-order chi connectivity index (χ1) is 15.1. The molecule has 0 aliphatic rings. The van der Waals surface area contributed by atoms with Gasteiger partial charge in [0.05, 0.1) is 5.39 Å². The Bertz CT molecular complexity index is 1210. The highest BCUT2D eigenvalue weighted by atomic mass is 32.2. The van der Waals surface area contributed by atoms with Crippen molar-refractivity contribution in [2.75, 3.05) is 12.0 Å². The molecule has 170 valence electrons. The summed E-state index contributed by atoms with van der Waals surface area (Å²) in [6.45, 7) is 6.97. The largest absolute Gasteiger partial charge is 0.444 e. The summed E-state index contributed by atoms with van der Waals surface area (Å²) in [5.41, 5.74) is -0.253. The van der Waals surface area contributed by atoms with Crippen LogP contribution in [0.15, 0.2) is 45.6 Å². The summed E-state index contributed by atoms with van der Waals surface area (Å²) < 4.78 is 16.4. The molecule has 0 bridgehead atoms. The number of fused-ring (bicyclic) bond motifs is 3. The van der Waals surface area contributed by atoms with Crippen LogP contribution in [0.4, 0.5) is 4.79 Å². The van der Waals surface area contributed by atoms with E-state index >= 15 is 0 Å². The Hall–Kier alpha value is -3.00. The lowest BCUT2D eigenvalue weighted by Gasteiger charge is -2.23. The van der Waals surface area contributed by atoms with E-state index in [2.05, 4.69) is 5.32 Å². The normalized spacial score (nSPS) is 12.5. The summed E-state index contributed by atoms with van der Waals surface area (Å²) in [7, 11) is 0. The van der Waals surface area contributed by atoms with Crippen molar-refractivity contribution in [3.63, 3.8) is 0 Å². The zero-order chi connectivity index (χ0) is 23.5. The molecule has 1 atom stereocenters. The van der Waals surface area contributed by atoms with Crippen molar-refractivity contribution in [1.82, 2.24) is 5.32 Å². The Balaban J connectivity index is 1.89. The summed E-state index contributed by atoms with van der Waals surface area (Å²) >= 11 is 1.55. The molecule has 32 heavy (non-hydrogen) atoms. The first-order valence-corrected chi connectivity index (χ1v) is 11.7. The lowest BCUT2D eigenvalue weighted by Crippen LogP contribution is -2.45. The van der Waals surface area contributed by atoms with Gasteiger partial charge in [-0.3, -0.25) is 0 Å². The van der Waals surface area contributed by atoms with Gasteiger partial charge in [0.25, 0.3) is 0 Å². The number of esters is 1. The molecule has 0 unspecified atom stereocenters. The van der Waals surface area contributed by atoms with Crippen molar-refractivity contribution in [3.8, 4) is 5.75 Å². The second-order valence-corrected chi connectivity index (χ2v) is 9.39. The van der Waals surface area contributed by atoms with Gasteiger partial charge in [0.15, 0.2) is 0 Å². The van der Waals surface area contributed by atoms with E-state index in [1.54, 1.807) is 63.7 Å². The van der Waals surface area contributed by atoms with Crippen LogP contribution >= 0.6 is 11.8 Å². The summed E-state index contributed by atoms with van der Waals surface area (Å²) in [6, 6.07) is 9.74. The number of rotatable bonds is 6. The summed E-state index contributed by atoms with van der Waals surface area (Å²) in [4.78, 5) is 37.5. The standard InChI is InChI=1S/C24H27NO6S/c1-14-19(11-10-16-15-8-6-7-9-17(15)21(26)30-20(14)16)29-22(27)18(12-13-32-5)25-23(28)31-24(2,3)4/h6-11,18H,12-13H2,1-5H3,(H,25,28)/t18-/m0/s1. The maximum atomic E-state index is 12.9. The van der Waals surface area contributed by atoms with Crippen LogP contribution in [0.3, 0.4) is 0 Å². The second-order valence-electron chi connectivity index (χ2n) is 8.40. The van der Waals surface area contributed by atoms with Crippen LogP contribution in [0.1, 0.15) is 32.8 Å². The van der Waals surface area contributed by atoms with Crippen LogP contribution in [0.2, 0.25) is 0 Å². The molecular weight excluding hydrogens is 430 g/mol. The summed E-state index contributed by atoms with van der Waals surface area (Å²) in [5, 5.41) is 4.61. The number of hydrogen-bond donors (Lipinski definition) is 1. The molecule has 0 spiro atoms. The van der Waals surface area contributed by atoms with Gasteiger partial charge in [0, 0.05) is 10.9 Å². The number of ether oxygens (including phenoxy) is 2. The van der Waals surface area contributed by atoms with Gasteiger partial charge in [0.1, 0.15) is 23.0 Å². The van der Waals surface area contributed by atoms with Crippen LogP contribution in [0.5, 0.6) is 5.75 Å². The molecule has 0 fully saturated rings. The maximum Gasteiger partial charge on any atom is 0.408 e. The number of carbonyl (C=O) groups excluding carboxylic acids is 2. The molecule has 3 aromatic rings. The molecule has 0 radical (unpaired) electrons. The molecular formula is C24H27NO6S. The van der Waals surface area contributed by atoms with Crippen molar-refractivity contribution in [2.24, 2.45) is 0 Å². The maximum absolute atomic E-state index is 12.9. The van der Waals surface area contributed by atoms with Crippen molar-refractivity contribution in [3.05, 3.63) is 52.4 Å². The number of amides is 1. The fourth-order valence-electron chi connectivity index (χ4n) is 3.29. The molecule has 1 aromatic heterocycles. The fraction of sp³-hybridized carbons (Fsp3) is 0.375. The lowest BCUT2D eigenvalue weighted by atomic mass is 10.0. The van der Waals surface area contributed by atoms with Gasteiger partial charge in [-0.2, -0.15) is 11.8 Å². The number of hydrogen-bond acceptors (Lipinski definition) is 7. The zero-order valence-electron chi connectivity index (χ0n) is 18.8. The quantitative estimate of drug-likeness (QED) is 0.246. The van der Waals surface area contributed by atoms with Crippen LogP contribution in [0.25, 0.3) is 21.7 Å². The average Bonchev–Trinajstić information content (AvgIpc) is 2.72. The minimum Gasteiger partial charge on any atom is -0.444 e. The lowest BCUT2D eigenvalue weighted by molar-refractivity contribution is -0.136. The van der Waals surface area contributed by atoms with Crippen molar-refractivity contribution < 1.29 is 23.5 Å². The minimum absolute atomic E-state index is 0.265. The Morgan fingerprint density at radius 3 is 2.44 bits per heavy atom. The molecule has 0 saturated carbocycles. The summed E-state index contributed by atoms with van der Waals surface area (Å²) in [6.07, 6.45) is 1.61. The Morgan fingerprint density at radius 2 is 1.78 bits per heavy atom. The third-order valence-corrected chi connectivity index (χ3v) is 5.43. The van der Waals surface area contributed by atoms with Crippen LogP contribution in [0, 0.1) is 6.92 Å². The van der Waals surface area contributed by atoms with Crippen molar-refractivity contribution in [1.29, 1.82) is 0 Å². The molecule has 7 nitrogen and oxygen atoms in total. The molecule has 8 heteroatoms. The van der Waals surface area contributed by atoms with Crippen LogP contribution < -0.4 is 15.7 Å². The third kappa shape index (κ3) is 5.43. The number of aryl methyl sites for hydroxylation is 1. The number of nitrogens with one attached hydrogen (secondary N) is 1. The van der Waals surface area contributed by atoms with Gasteiger partial charge < -0.3 is 19.2 Å². The zero-order valence-corrected chi connectivity index (χ0v) is 19.6. The van der Waals surface area contributed by atoms with E-state index in [-0.39, 0.29) is 5.75 Å². The van der Waals surface area contributed by atoms with E-state index < -0.39 is 29.3 Å². The summed E-state index contributed by atoms with van der Waals surface area (Å²) in [5.74, 6) is 0.296. The van der Waals surface area contributed by atoms with Crippen molar-refractivity contribution >= 4 is 45.6 Å². The highest BCUT2D eigenvalue weighted by Gasteiger charge is 2.26. The Morgan fingerprint density at radius 1 is 1.09 bits per heavy atom. The van der Waals surface area contributed by atoms with Crippen LogP contribution in [-0.2, 0) is 9.53 Å². The van der Waals surface area contributed by atoms with Gasteiger partial charge in [-0.25, -0.2) is 14.4 Å². The molecule has 1 N–H and O–H groups in total. The number of carbonyl (C=O) groups is 2. The monoisotopic (exact) mass is 457 g/mol. The smallest absolute Gasteiger partial charge is 0.408 e. The topological polar surface area (TPSA) is 94.8 Å². The molecule has 0 saturated heterocycles. The van der Waals surface area contributed by atoms with Crippen molar-refractivity contribution in [2.45, 2.75) is 45.8 Å². The fourth-order valence-corrected chi connectivity index (χ4v) is 3.76. The highest BCUT2D eigenvalue weighted by Crippen LogP contribution is 2.31. The van der Waals surface area contributed by atoms with Crippen LogP contribution in [-0.4, -0.2) is 35.7 Å². The van der Waals surface area contributed by atoms with E-state index in [4.69, 9.17) is 13.9 Å². The van der Waals surface area contributed by atoms with Gasteiger partial charge in [0.2, 0.25) is 0 Å². The predicted molar refractivity (Wildman–Crippen MR) is 127 cm³/mol. The molecule has 3 rings (SSSR count). The SMILES string of the molecule is CSCC[C@H](NC(=O)OC(C)(C)C)C(=O)Oc1ccc2c(oc(=O)c3ccccc32)c1C. The van der Waals surface area contributed by atoms with E-state index in [0.717, 1.165) is 10.8 Å². The minimum atomic E-state index is -0.879. The molecule has 1 heterocycles. The number of thioether (sulfide) groups is 1. The Labute approximate surface area is 190 Å². The van der Waals surface area contributed by atoms with Gasteiger partial charge in [-0.05, 0) is 69.7 Å². The first-order valence-electron chi connectivity index (χ1n) is 10.3. The van der Waals surface area contributed by atoms with E-state index in [1.807, 2.05) is 18.4 Å². The molecule has 0 aliphatic heterocycles. The van der Waals surface area contributed by atoms with Gasteiger partial charge in [-0.1, -0.05) is 18.2 Å². The highest BCUT2D eigenvalue weighted by molar-refractivity contribution is 7.98. The predicted octanol–water partition coefficient (Wildman–Crippen LogP) is 4.81. The van der Waals surface area contributed by atoms with Gasteiger partial charge in [-0.15, -0.1) is 0 Å². The molecule has 0 aliphatic carbocycles. The van der Waals surface area contributed by atoms with Gasteiger partial charge >= 0.3 is 17.7 Å². The number of benzene rings is 2. The Kier molecular flexibility index (Phi) is 7.13. The second kappa shape index (κ2) is 9.65.